The fraction of sp³-hybridized carbons (Fsp3) is 0.412. The second-order valence-electron chi connectivity index (χ2n) is 5.78. The average molecular weight is 298 g/mol. The number of carbonyl (C=O) groups excluding carboxylic acids is 1. The fourth-order valence-corrected chi connectivity index (χ4v) is 3.00. The number of benzene rings is 1. The predicted octanol–water partition coefficient (Wildman–Crippen LogP) is 2.62. The molecule has 5 nitrogen and oxygen atoms in total. The highest BCUT2D eigenvalue weighted by Gasteiger charge is 2.21. The Morgan fingerprint density at radius 3 is 2.45 bits per heavy atom. The van der Waals surface area contributed by atoms with Crippen molar-refractivity contribution >= 4 is 5.91 Å². The first kappa shape index (κ1) is 14.8. The number of hydrazine groups is 1. The van der Waals surface area contributed by atoms with Crippen molar-refractivity contribution < 1.29 is 4.79 Å². The average Bonchev–Trinajstić information content (AvgIpc) is 2.84. The maximum absolute atomic E-state index is 12.6. The highest BCUT2D eigenvalue weighted by Crippen LogP contribution is 2.18. The predicted molar refractivity (Wildman–Crippen MR) is 85.9 cm³/mol. The van der Waals surface area contributed by atoms with E-state index in [1.165, 1.54) is 6.42 Å². The van der Waals surface area contributed by atoms with Crippen LogP contribution >= 0.6 is 0 Å². The molecule has 1 aliphatic heterocycles. The van der Waals surface area contributed by atoms with Crippen molar-refractivity contribution in [2.75, 3.05) is 13.1 Å². The molecule has 1 aromatic heterocycles. The third-order valence-electron chi connectivity index (χ3n) is 4.13. The zero-order valence-corrected chi connectivity index (χ0v) is 13.2. The molecule has 1 aliphatic rings. The van der Waals surface area contributed by atoms with E-state index in [0.717, 1.165) is 43.0 Å². The summed E-state index contributed by atoms with van der Waals surface area (Å²) in [4.78, 5) is 12.6. The molecule has 5 heteroatoms. The van der Waals surface area contributed by atoms with Crippen LogP contribution in [0.15, 0.2) is 30.3 Å². The quantitative estimate of drug-likeness (QED) is 0.947. The second-order valence-corrected chi connectivity index (χ2v) is 5.78. The van der Waals surface area contributed by atoms with E-state index < -0.39 is 0 Å². The molecule has 1 N–H and O–H groups in total. The summed E-state index contributed by atoms with van der Waals surface area (Å²) in [6.45, 7) is 5.68. The first-order chi connectivity index (χ1) is 10.7. The molecule has 0 atom stereocenters. The zero-order valence-electron chi connectivity index (χ0n) is 13.2. The number of nitrogens with one attached hydrogen (secondary N) is 1. The monoisotopic (exact) mass is 298 g/mol. The van der Waals surface area contributed by atoms with Crippen molar-refractivity contribution in [3.8, 4) is 5.69 Å². The van der Waals surface area contributed by atoms with Crippen molar-refractivity contribution in [3.05, 3.63) is 47.3 Å². The molecule has 0 aliphatic carbocycles. The lowest BCUT2D eigenvalue weighted by atomic mass is 10.1. The van der Waals surface area contributed by atoms with Gasteiger partial charge in [-0.25, -0.2) is 9.69 Å². The number of hydrogen-bond donors (Lipinski definition) is 1. The van der Waals surface area contributed by atoms with Gasteiger partial charge in [0.05, 0.1) is 22.6 Å². The third-order valence-corrected chi connectivity index (χ3v) is 4.13. The van der Waals surface area contributed by atoms with Crippen LogP contribution in [-0.4, -0.2) is 33.8 Å². The maximum Gasteiger partial charge on any atom is 0.269 e. The summed E-state index contributed by atoms with van der Waals surface area (Å²) in [5.74, 6) is -0.0564. The molecule has 0 spiro atoms. The van der Waals surface area contributed by atoms with Gasteiger partial charge in [0.25, 0.3) is 5.91 Å². The van der Waals surface area contributed by atoms with Gasteiger partial charge in [-0.3, -0.25) is 10.2 Å². The first-order valence-corrected chi connectivity index (χ1v) is 7.84. The standard InChI is InChI=1S/C17H22N4O/c1-13-16(17(22)19-20-11-7-4-8-12-20)14(2)21(18-13)15-9-5-3-6-10-15/h3,5-6,9-10H,4,7-8,11-12H2,1-2H3,(H,19,22). The molecule has 0 radical (unpaired) electrons. The first-order valence-electron chi connectivity index (χ1n) is 7.84. The Kier molecular flexibility index (Phi) is 4.24. The number of carbonyl (C=O) groups is 1. The SMILES string of the molecule is Cc1nn(-c2ccccc2)c(C)c1C(=O)NN1CCCCC1. The Hall–Kier alpha value is -2.14. The number of rotatable bonds is 3. The molecule has 0 bridgehead atoms. The highest BCUT2D eigenvalue weighted by molar-refractivity contribution is 5.96. The summed E-state index contributed by atoms with van der Waals surface area (Å²) in [5.41, 5.74) is 6.30. The number of amides is 1. The lowest BCUT2D eigenvalue weighted by Crippen LogP contribution is -2.45. The van der Waals surface area contributed by atoms with Crippen molar-refractivity contribution in [3.63, 3.8) is 0 Å². The van der Waals surface area contributed by atoms with Crippen LogP contribution in [0.1, 0.15) is 41.0 Å². The Morgan fingerprint density at radius 1 is 1.09 bits per heavy atom. The number of hydrogen-bond acceptors (Lipinski definition) is 3. The second kappa shape index (κ2) is 6.32. The van der Waals surface area contributed by atoms with Crippen LogP contribution in [0.5, 0.6) is 0 Å². The van der Waals surface area contributed by atoms with Gasteiger partial charge >= 0.3 is 0 Å². The normalized spacial score (nSPS) is 15.7. The molecule has 2 heterocycles. The summed E-state index contributed by atoms with van der Waals surface area (Å²) in [6, 6.07) is 9.90. The van der Waals surface area contributed by atoms with Gasteiger partial charge in [0, 0.05) is 13.1 Å². The van der Waals surface area contributed by atoms with Gasteiger partial charge in [-0.1, -0.05) is 24.6 Å². The maximum atomic E-state index is 12.6. The molecule has 0 saturated carbocycles. The van der Waals surface area contributed by atoms with Crippen LogP contribution in [0.25, 0.3) is 5.69 Å². The van der Waals surface area contributed by atoms with Gasteiger partial charge in [0.1, 0.15) is 0 Å². The largest absolute Gasteiger partial charge is 0.285 e. The van der Waals surface area contributed by atoms with E-state index in [0.29, 0.717) is 5.56 Å². The summed E-state index contributed by atoms with van der Waals surface area (Å²) in [6.07, 6.45) is 3.53. The van der Waals surface area contributed by atoms with Gasteiger partial charge in [-0.05, 0) is 38.8 Å². The molecule has 2 aromatic rings. The lowest BCUT2D eigenvalue weighted by Gasteiger charge is -2.26. The molecule has 1 aromatic carbocycles. The van der Waals surface area contributed by atoms with E-state index in [9.17, 15) is 4.79 Å². The molecular formula is C17H22N4O. The summed E-state index contributed by atoms with van der Waals surface area (Å²) >= 11 is 0. The van der Waals surface area contributed by atoms with Crippen LogP contribution < -0.4 is 5.43 Å². The number of para-hydroxylation sites is 1. The van der Waals surface area contributed by atoms with E-state index in [2.05, 4.69) is 10.5 Å². The van der Waals surface area contributed by atoms with E-state index in [4.69, 9.17) is 0 Å². The minimum atomic E-state index is -0.0564. The van der Waals surface area contributed by atoms with Gasteiger partial charge in [0.2, 0.25) is 0 Å². The van der Waals surface area contributed by atoms with Crippen LogP contribution in [0.2, 0.25) is 0 Å². The number of piperidine rings is 1. The minimum Gasteiger partial charge on any atom is -0.285 e. The molecule has 1 amide bonds. The van der Waals surface area contributed by atoms with E-state index >= 15 is 0 Å². The fourth-order valence-electron chi connectivity index (χ4n) is 3.00. The van der Waals surface area contributed by atoms with Crippen molar-refractivity contribution in [1.82, 2.24) is 20.2 Å². The smallest absolute Gasteiger partial charge is 0.269 e. The van der Waals surface area contributed by atoms with Crippen molar-refractivity contribution in [2.24, 2.45) is 0 Å². The third kappa shape index (κ3) is 2.90. The highest BCUT2D eigenvalue weighted by atomic mass is 16.2. The molecular weight excluding hydrogens is 276 g/mol. The molecule has 3 rings (SSSR count). The van der Waals surface area contributed by atoms with Crippen LogP contribution in [0.3, 0.4) is 0 Å². The van der Waals surface area contributed by atoms with Gasteiger partial charge in [-0.15, -0.1) is 0 Å². The Balaban J connectivity index is 1.84. The van der Waals surface area contributed by atoms with E-state index in [1.54, 1.807) is 0 Å². The van der Waals surface area contributed by atoms with Crippen LogP contribution in [0.4, 0.5) is 0 Å². The number of aromatic nitrogens is 2. The minimum absolute atomic E-state index is 0.0564. The molecule has 22 heavy (non-hydrogen) atoms. The molecule has 116 valence electrons. The Labute approximate surface area is 130 Å². The summed E-state index contributed by atoms with van der Waals surface area (Å²) in [5, 5.41) is 6.55. The van der Waals surface area contributed by atoms with Crippen LogP contribution in [-0.2, 0) is 0 Å². The van der Waals surface area contributed by atoms with Gasteiger partial charge in [-0.2, -0.15) is 5.10 Å². The van der Waals surface area contributed by atoms with Crippen molar-refractivity contribution in [2.45, 2.75) is 33.1 Å². The Morgan fingerprint density at radius 2 is 1.77 bits per heavy atom. The van der Waals surface area contributed by atoms with Gasteiger partial charge < -0.3 is 0 Å². The zero-order chi connectivity index (χ0) is 15.5. The molecule has 1 fully saturated rings. The Bertz CT molecular complexity index is 657. The number of nitrogens with zero attached hydrogens (tertiary/aromatic N) is 3. The molecule has 1 saturated heterocycles. The molecule has 0 unspecified atom stereocenters. The summed E-state index contributed by atoms with van der Waals surface area (Å²) in [7, 11) is 0. The van der Waals surface area contributed by atoms with E-state index in [1.807, 2.05) is 53.9 Å². The van der Waals surface area contributed by atoms with E-state index in [-0.39, 0.29) is 5.91 Å². The topological polar surface area (TPSA) is 50.2 Å². The summed E-state index contributed by atoms with van der Waals surface area (Å²) < 4.78 is 1.83. The van der Waals surface area contributed by atoms with Crippen LogP contribution in [0, 0.1) is 13.8 Å². The van der Waals surface area contributed by atoms with Crippen molar-refractivity contribution in [1.29, 1.82) is 0 Å². The lowest BCUT2D eigenvalue weighted by molar-refractivity contribution is 0.0748. The number of aryl methyl sites for hydroxylation is 1. The van der Waals surface area contributed by atoms with Gasteiger partial charge in [0.15, 0.2) is 0 Å².